The summed E-state index contributed by atoms with van der Waals surface area (Å²) in [5, 5.41) is 0.396. The summed E-state index contributed by atoms with van der Waals surface area (Å²) in [6, 6.07) is 3.49. The third-order valence-electron chi connectivity index (χ3n) is 1.67. The topological polar surface area (TPSA) is 33.2 Å². The van der Waals surface area contributed by atoms with Crippen molar-refractivity contribution >= 4 is 39.5 Å². The number of aromatic nitrogens is 1. The molecule has 1 aliphatic rings. The third-order valence-corrected chi connectivity index (χ3v) is 2.61. The number of nitrogens with zero attached hydrogens (tertiary/aromatic N) is 2. The molecule has 0 N–H and O–H groups in total. The first-order valence-corrected chi connectivity index (χ1v) is 4.41. The SMILES string of the molecule is O=C1Cc2ccc(Cl)nc2N1Br. The van der Waals surface area contributed by atoms with Gasteiger partial charge in [0.15, 0.2) is 5.82 Å². The van der Waals surface area contributed by atoms with E-state index >= 15 is 0 Å². The standard InChI is InChI=1S/C7H4BrClN2O/c8-11-6(12)3-4-1-2-5(9)10-7(4)11/h1-2H,3H2. The highest BCUT2D eigenvalue weighted by Gasteiger charge is 2.26. The van der Waals surface area contributed by atoms with E-state index in [1.807, 2.05) is 6.07 Å². The van der Waals surface area contributed by atoms with Gasteiger partial charge in [0.2, 0.25) is 5.91 Å². The summed E-state index contributed by atoms with van der Waals surface area (Å²) in [4.78, 5) is 15.1. The Labute approximate surface area is 82.7 Å². The van der Waals surface area contributed by atoms with Gasteiger partial charge in [-0.25, -0.2) is 8.91 Å². The maximum atomic E-state index is 11.1. The minimum absolute atomic E-state index is 0.0141. The number of carbonyl (C=O) groups excluding carboxylic acids is 1. The molecule has 5 heteroatoms. The minimum atomic E-state index is -0.0141. The Morgan fingerprint density at radius 1 is 1.58 bits per heavy atom. The summed E-state index contributed by atoms with van der Waals surface area (Å²) >= 11 is 8.77. The minimum Gasteiger partial charge on any atom is -0.273 e. The molecule has 0 aromatic carbocycles. The lowest BCUT2D eigenvalue weighted by atomic mass is 10.2. The zero-order valence-electron chi connectivity index (χ0n) is 5.92. The van der Waals surface area contributed by atoms with E-state index in [1.165, 1.54) is 3.93 Å². The van der Waals surface area contributed by atoms with Gasteiger partial charge in [-0.05, 0) is 6.07 Å². The molecule has 0 saturated heterocycles. The average molecular weight is 247 g/mol. The van der Waals surface area contributed by atoms with E-state index in [0.717, 1.165) is 5.56 Å². The second-order valence-electron chi connectivity index (χ2n) is 2.47. The van der Waals surface area contributed by atoms with Crippen molar-refractivity contribution in [1.82, 2.24) is 4.98 Å². The molecule has 12 heavy (non-hydrogen) atoms. The highest BCUT2D eigenvalue weighted by atomic mass is 79.9. The van der Waals surface area contributed by atoms with Crippen LogP contribution in [-0.4, -0.2) is 10.9 Å². The smallest absolute Gasteiger partial charge is 0.242 e. The molecule has 1 aliphatic heterocycles. The van der Waals surface area contributed by atoms with Crippen molar-refractivity contribution in [1.29, 1.82) is 0 Å². The zero-order chi connectivity index (χ0) is 8.72. The summed E-state index contributed by atoms with van der Waals surface area (Å²) in [7, 11) is 0. The quantitative estimate of drug-likeness (QED) is 0.518. The molecule has 0 aliphatic carbocycles. The van der Waals surface area contributed by atoms with Crippen molar-refractivity contribution in [2.24, 2.45) is 0 Å². The van der Waals surface area contributed by atoms with Crippen molar-refractivity contribution < 1.29 is 4.79 Å². The number of hydrogen-bond acceptors (Lipinski definition) is 2. The lowest BCUT2D eigenvalue weighted by Gasteiger charge is -2.04. The molecule has 1 amide bonds. The van der Waals surface area contributed by atoms with Gasteiger partial charge in [-0.3, -0.25) is 4.79 Å². The maximum absolute atomic E-state index is 11.1. The van der Waals surface area contributed by atoms with Gasteiger partial charge in [0.25, 0.3) is 0 Å². The van der Waals surface area contributed by atoms with Crippen LogP contribution in [0.15, 0.2) is 12.1 Å². The fourth-order valence-corrected chi connectivity index (χ4v) is 1.69. The van der Waals surface area contributed by atoms with Crippen LogP contribution >= 0.6 is 27.7 Å². The number of carbonyl (C=O) groups is 1. The van der Waals surface area contributed by atoms with Crippen LogP contribution < -0.4 is 3.93 Å². The van der Waals surface area contributed by atoms with E-state index in [-0.39, 0.29) is 5.91 Å². The molecule has 2 heterocycles. The first-order chi connectivity index (χ1) is 5.68. The number of rotatable bonds is 0. The van der Waals surface area contributed by atoms with E-state index in [9.17, 15) is 4.79 Å². The van der Waals surface area contributed by atoms with Gasteiger partial charge in [0.05, 0.1) is 22.6 Å². The van der Waals surface area contributed by atoms with Gasteiger partial charge in [0, 0.05) is 5.56 Å². The van der Waals surface area contributed by atoms with Gasteiger partial charge in [0.1, 0.15) is 5.15 Å². The molecule has 1 aromatic rings. The fourth-order valence-electron chi connectivity index (χ4n) is 1.11. The van der Waals surface area contributed by atoms with Crippen LogP contribution in [0, 0.1) is 0 Å². The van der Waals surface area contributed by atoms with E-state index in [0.29, 0.717) is 17.4 Å². The van der Waals surface area contributed by atoms with Gasteiger partial charge >= 0.3 is 0 Å². The van der Waals surface area contributed by atoms with E-state index in [4.69, 9.17) is 11.6 Å². The Bertz CT molecular complexity index is 355. The molecule has 0 spiro atoms. The predicted octanol–water partition coefficient (Wildman–Crippen LogP) is 1.93. The molecule has 3 nitrogen and oxygen atoms in total. The molecule has 0 fully saturated rings. The van der Waals surface area contributed by atoms with Crippen LogP contribution in [0.3, 0.4) is 0 Å². The van der Waals surface area contributed by atoms with E-state index in [2.05, 4.69) is 21.1 Å². The van der Waals surface area contributed by atoms with Gasteiger partial charge in [-0.1, -0.05) is 17.7 Å². The first kappa shape index (κ1) is 8.01. The normalized spacial score (nSPS) is 15.2. The average Bonchev–Trinajstić information content (AvgIpc) is 2.31. The van der Waals surface area contributed by atoms with Crippen LogP contribution in [0.1, 0.15) is 5.56 Å². The van der Waals surface area contributed by atoms with Crippen LogP contribution in [-0.2, 0) is 11.2 Å². The fraction of sp³-hybridized carbons (Fsp3) is 0.143. The van der Waals surface area contributed by atoms with Crippen LogP contribution in [0.25, 0.3) is 0 Å². The van der Waals surface area contributed by atoms with Crippen molar-refractivity contribution in [3.63, 3.8) is 0 Å². The molecule has 0 bridgehead atoms. The summed E-state index contributed by atoms with van der Waals surface area (Å²) in [6.45, 7) is 0. The maximum Gasteiger partial charge on any atom is 0.242 e. The third kappa shape index (κ3) is 1.11. The Hall–Kier alpha value is -0.610. The Morgan fingerprint density at radius 3 is 3.08 bits per heavy atom. The first-order valence-electron chi connectivity index (χ1n) is 3.32. The zero-order valence-corrected chi connectivity index (χ0v) is 8.26. The molecule has 2 rings (SSSR count). The highest BCUT2D eigenvalue weighted by Crippen LogP contribution is 2.30. The van der Waals surface area contributed by atoms with Crippen LogP contribution in [0.4, 0.5) is 5.82 Å². The summed E-state index contributed by atoms with van der Waals surface area (Å²) in [5.41, 5.74) is 0.904. The second-order valence-corrected chi connectivity index (χ2v) is 3.56. The van der Waals surface area contributed by atoms with Gasteiger partial charge < -0.3 is 0 Å². The summed E-state index contributed by atoms with van der Waals surface area (Å²) in [5.74, 6) is 0.590. The summed E-state index contributed by atoms with van der Waals surface area (Å²) in [6.07, 6.45) is 0.394. The predicted molar refractivity (Wildman–Crippen MR) is 49.4 cm³/mol. The van der Waals surface area contributed by atoms with Crippen molar-refractivity contribution in [3.05, 3.63) is 22.8 Å². The molecular formula is C7H4BrClN2O. The van der Waals surface area contributed by atoms with Crippen molar-refractivity contribution in [2.75, 3.05) is 3.93 Å². The largest absolute Gasteiger partial charge is 0.273 e. The van der Waals surface area contributed by atoms with Gasteiger partial charge in [-0.2, -0.15) is 0 Å². The number of fused-ring (bicyclic) bond motifs is 1. The molecule has 0 saturated carbocycles. The number of halogens is 2. The number of pyridine rings is 1. The highest BCUT2D eigenvalue weighted by molar-refractivity contribution is 9.10. The number of hydrogen-bond donors (Lipinski definition) is 0. The Balaban J connectivity index is 2.55. The molecule has 1 aromatic heterocycles. The molecule has 0 radical (unpaired) electrons. The molecular weight excluding hydrogens is 243 g/mol. The molecule has 62 valence electrons. The lowest BCUT2D eigenvalue weighted by Crippen LogP contribution is -2.14. The van der Waals surface area contributed by atoms with Crippen molar-refractivity contribution in [3.8, 4) is 0 Å². The molecule has 0 unspecified atom stereocenters. The Kier molecular flexibility index (Phi) is 1.81. The van der Waals surface area contributed by atoms with Crippen molar-refractivity contribution in [2.45, 2.75) is 6.42 Å². The second kappa shape index (κ2) is 2.71. The van der Waals surface area contributed by atoms with E-state index < -0.39 is 0 Å². The Morgan fingerprint density at radius 2 is 2.33 bits per heavy atom. The molecule has 0 atom stereocenters. The van der Waals surface area contributed by atoms with Crippen LogP contribution in [0.2, 0.25) is 5.15 Å². The monoisotopic (exact) mass is 246 g/mol. The number of amides is 1. The summed E-state index contributed by atoms with van der Waals surface area (Å²) < 4.78 is 1.34. The number of anilines is 1. The lowest BCUT2D eigenvalue weighted by molar-refractivity contribution is -0.116. The van der Waals surface area contributed by atoms with Gasteiger partial charge in [-0.15, -0.1) is 0 Å². The van der Waals surface area contributed by atoms with E-state index in [1.54, 1.807) is 6.07 Å². The van der Waals surface area contributed by atoms with Crippen LogP contribution in [0.5, 0.6) is 0 Å².